The molecule has 1 saturated carbocycles. The van der Waals surface area contributed by atoms with Crippen molar-refractivity contribution in [3.05, 3.63) is 24.0 Å². The van der Waals surface area contributed by atoms with Gasteiger partial charge in [-0.15, -0.1) is 0 Å². The lowest BCUT2D eigenvalue weighted by Gasteiger charge is -2.42. The van der Waals surface area contributed by atoms with Crippen LogP contribution < -0.4 is 10.6 Å². The van der Waals surface area contributed by atoms with E-state index in [0.717, 1.165) is 30.6 Å². The first-order valence-electron chi connectivity index (χ1n) is 7.04. The first-order chi connectivity index (χ1) is 8.74. The average Bonchev–Trinajstić information content (AvgIpc) is 2.41. The summed E-state index contributed by atoms with van der Waals surface area (Å²) < 4.78 is 13.4. The van der Waals surface area contributed by atoms with Gasteiger partial charge in [0.25, 0.3) is 0 Å². The van der Waals surface area contributed by atoms with Crippen molar-refractivity contribution >= 4 is 11.4 Å². The fourth-order valence-corrected chi connectivity index (χ4v) is 3.61. The highest BCUT2D eigenvalue weighted by molar-refractivity contribution is 5.67. The van der Waals surface area contributed by atoms with Crippen LogP contribution in [0.2, 0.25) is 0 Å². The monoisotopic (exact) mass is 248 g/mol. The Labute approximate surface area is 108 Å². The molecule has 2 unspecified atom stereocenters. The Morgan fingerprint density at radius 1 is 1.11 bits per heavy atom. The maximum atomic E-state index is 13.4. The van der Waals surface area contributed by atoms with Crippen LogP contribution in [0.4, 0.5) is 15.8 Å². The molecule has 2 fully saturated rings. The molecule has 1 aromatic rings. The van der Waals surface area contributed by atoms with E-state index in [2.05, 4.69) is 4.90 Å². The number of benzene rings is 1. The van der Waals surface area contributed by atoms with Crippen molar-refractivity contribution in [3.63, 3.8) is 0 Å². The van der Waals surface area contributed by atoms with Crippen LogP contribution in [0.1, 0.15) is 32.1 Å². The van der Waals surface area contributed by atoms with Crippen LogP contribution in [0.15, 0.2) is 18.2 Å². The van der Waals surface area contributed by atoms with Gasteiger partial charge in [0.15, 0.2) is 0 Å². The van der Waals surface area contributed by atoms with E-state index in [4.69, 9.17) is 5.73 Å². The summed E-state index contributed by atoms with van der Waals surface area (Å²) in [5.41, 5.74) is 7.57. The number of nitrogens with zero attached hydrogens (tertiary/aromatic N) is 1. The van der Waals surface area contributed by atoms with E-state index in [1.807, 2.05) is 0 Å². The minimum Gasteiger partial charge on any atom is -0.397 e. The maximum Gasteiger partial charge on any atom is 0.125 e. The van der Waals surface area contributed by atoms with E-state index >= 15 is 0 Å². The van der Waals surface area contributed by atoms with Gasteiger partial charge in [0, 0.05) is 13.1 Å². The molecule has 0 spiro atoms. The zero-order valence-corrected chi connectivity index (χ0v) is 10.7. The van der Waals surface area contributed by atoms with Gasteiger partial charge in [-0.2, -0.15) is 0 Å². The van der Waals surface area contributed by atoms with E-state index in [-0.39, 0.29) is 5.82 Å². The molecule has 2 aliphatic rings. The molecule has 0 aromatic heterocycles. The highest BCUT2D eigenvalue weighted by Crippen LogP contribution is 2.38. The minimum absolute atomic E-state index is 0.190. The molecule has 18 heavy (non-hydrogen) atoms. The van der Waals surface area contributed by atoms with E-state index in [1.165, 1.54) is 38.2 Å². The van der Waals surface area contributed by atoms with Crippen molar-refractivity contribution in [2.75, 3.05) is 23.7 Å². The molecule has 0 radical (unpaired) electrons. The minimum atomic E-state index is -0.190. The van der Waals surface area contributed by atoms with Crippen LogP contribution in [-0.4, -0.2) is 13.1 Å². The lowest BCUT2D eigenvalue weighted by molar-refractivity contribution is 0.202. The van der Waals surface area contributed by atoms with Gasteiger partial charge in [0.05, 0.1) is 11.4 Å². The number of halogens is 1. The zero-order valence-electron chi connectivity index (χ0n) is 10.7. The van der Waals surface area contributed by atoms with Gasteiger partial charge in [-0.1, -0.05) is 19.3 Å². The number of anilines is 2. The summed E-state index contributed by atoms with van der Waals surface area (Å²) in [5.74, 6) is 1.49. The molecule has 2 nitrogen and oxygen atoms in total. The molecule has 1 aromatic carbocycles. The predicted octanol–water partition coefficient (Wildman–Crippen LogP) is 3.42. The molecule has 2 atom stereocenters. The highest BCUT2D eigenvalue weighted by atomic mass is 19.1. The van der Waals surface area contributed by atoms with Crippen molar-refractivity contribution < 1.29 is 4.39 Å². The van der Waals surface area contributed by atoms with E-state index in [9.17, 15) is 4.39 Å². The van der Waals surface area contributed by atoms with Crippen LogP contribution in [0, 0.1) is 17.7 Å². The number of rotatable bonds is 1. The Morgan fingerprint density at radius 2 is 1.89 bits per heavy atom. The normalized spacial score (nSPS) is 27.9. The summed E-state index contributed by atoms with van der Waals surface area (Å²) in [7, 11) is 0. The second-order valence-corrected chi connectivity index (χ2v) is 5.74. The smallest absolute Gasteiger partial charge is 0.125 e. The quantitative estimate of drug-likeness (QED) is 0.772. The van der Waals surface area contributed by atoms with Crippen LogP contribution >= 0.6 is 0 Å². The molecule has 0 amide bonds. The fraction of sp³-hybridized carbons (Fsp3) is 0.600. The van der Waals surface area contributed by atoms with Crippen LogP contribution in [0.25, 0.3) is 0 Å². The summed E-state index contributed by atoms with van der Waals surface area (Å²) in [4.78, 5) is 2.28. The number of hydrogen-bond donors (Lipinski definition) is 1. The molecule has 3 heteroatoms. The Bertz CT molecular complexity index is 433. The first-order valence-corrected chi connectivity index (χ1v) is 7.04. The van der Waals surface area contributed by atoms with Crippen molar-refractivity contribution in [1.29, 1.82) is 0 Å². The van der Waals surface area contributed by atoms with Crippen LogP contribution in [0.5, 0.6) is 0 Å². The molecule has 1 saturated heterocycles. The molecule has 2 N–H and O–H groups in total. The van der Waals surface area contributed by atoms with E-state index in [0.29, 0.717) is 5.69 Å². The molecular formula is C15H21FN2. The zero-order chi connectivity index (χ0) is 12.5. The van der Waals surface area contributed by atoms with Crippen molar-refractivity contribution in [2.45, 2.75) is 32.1 Å². The third-order valence-electron chi connectivity index (χ3n) is 4.62. The molecule has 98 valence electrons. The molecule has 1 aliphatic heterocycles. The Balaban J connectivity index is 1.79. The van der Waals surface area contributed by atoms with Gasteiger partial charge in [-0.05, 0) is 42.9 Å². The molecular weight excluding hydrogens is 227 g/mol. The van der Waals surface area contributed by atoms with Crippen LogP contribution in [0.3, 0.4) is 0 Å². The fourth-order valence-electron chi connectivity index (χ4n) is 3.61. The van der Waals surface area contributed by atoms with Gasteiger partial charge in [-0.25, -0.2) is 4.39 Å². The van der Waals surface area contributed by atoms with Crippen molar-refractivity contribution in [2.24, 2.45) is 11.8 Å². The average molecular weight is 248 g/mol. The first kappa shape index (κ1) is 11.8. The summed E-state index contributed by atoms with van der Waals surface area (Å²) in [6.45, 7) is 2.08. The summed E-state index contributed by atoms with van der Waals surface area (Å²) >= 11 is 0. The van der Waals surface area contributed by atoms with E-state index in [1.54, 1.807) is 12.1 Å². The second-order valence-electron chi connectivity index (χ2n) is 5.74. The Morgan fingerprint density at radius 3 is 2.72 bits per heavy atom. The highest BCUT2D eigenvalue weighted by Gasteiger charge is 2.31. The summed E-state index contributed by atoms with van der Waals surface area (Å²) in [6, 6.07) is 4.70. The number of piperidine rings is 1. The van der Waals surface area contributed by atoms with Gasteiger partial charge in [0.1, 0.15) is 5.82 Å². The lowest BCUT2D eigenvalue weighted by Crippen LogP contribution is -2.42. The lowest BCUT2D eigenvalue weighted by atomic mass is 9.75. The summed E-state index contributed by atoms with van der Waals surface area (Å²) in [5, 5.41) is 0. The molecule has 0 bridgehead atoms. The van der Waals surface area contributed by atoms with Crippen molar-refractivity contribution in [3.8, 4) is 0 Å². The SMILES string of the molecule is Nc1ccc(F)cc1N1CCC2CCCCC2C1. The summed E-state index contributed by atoms with van der Waals surface area (Å²) in [6.07, 6.45) is 6.70. The maximum absolute atomic E-state index is 13.4. The van der Waals surface area contributed by atoms with Crippen molar-refractivity contribution in [1.82, 2.24) is 0 Å². The Hall–Kier alpha value is -1.25. The second kappa shape index (κ2) is 4.79. The number of fused-ring (bicyclic) bond motifs is 1. The largest absolute Gasteiger partial charge is 0.397 e. The topological polar surface area (TPSA) is 29.3 Å². The molecule has 3 rings (SSSR count). The van der Waals surface area contributed by atoms with Gasteiger partial charge >= 0.3 is 0 Å². The number of nitrogens with two attached hydrogens (primary N) is 1. The van der Waals surface area contributed by atoms with Gasteiger partial charge < -0.3 is 10.6 Å². The van der Waals surface area contributed by atoms with E-state index < -0.39 is 0 Å². The van der Waals surface area contributed by atoms with Gasteiger partial charge in [-0.3, -0.25) is 0 Å². The van der Waals surface area contributed by atoms with Gasteiger partial charge in [0.2, 0.25) is 0 Å². The third-order valence-corrected chi connectivity index (χ3v) is 4.62. The number of hydrogen-bond acceptors (Lipinski definition) is 2. The molecule has 1 aliphatic carbocycles. The number of nitrogen functional groups attached to an aromatic ring is 1. The predicted molar refractivity (Wildman–Crippen MR) is 73.1 cm³/mol. The standard InChI is InChI=1S/C15H21FN2/c16-13-5-6-14(17)15(9-13)18-8-7-11-3-1-2-4-12(11)10-18/h5-6,9,11-12H,1-4,7-8,10,17H2. The Kier molecular flexibility index (Phi) is 3.14. The molecule has 1 heterocycles. The van der Waals surface area contributed by atoms with Crippen LogP contribution in [-0.2, 0) is 0 Å². The third kappa shape index (κ3) is 2.18.